The molecule has 0 aliphatic carbocycles. The van der Waals surface area contributed by atoms with Crippen LogP contribution in [0, 0.1) is 5.82 Å². The van der Waals surface area contributed by atoms with E-state index >= 15 is 0 Å². The predicted molar refractivity (Wildman–Crippen MR) is 69.9 cm³/mol. The summed E-state index contributed by atoms with van der Waals surface area (Å²) in [6.45, 7) is 3.14. The summed E-state index contributed by atoms with van der Waals surface area (Å²) in [6, 6.07) is 2.97. The molecule has 104 valence electrons. The number of carboxylic acid groups (broad SMARTS) is 1. The van der Waals surface area contributed by atoms with E-state index < -0.39 is 23.4 Å². The van der Waals surface area contributed by atoms with Gasteiger partial charge >= 0.3 is 12.0 Å². The molecule has 0 heterocycles. The zero-order valence-electron chi connectivity index (χ0n) is 10.5. The van der Waals surface area contributed by atoms with Gasteiger partial charge in [-0.05, 0) is 32.0 Å². The summed E-state index contributed by atoms with van der Waals surface area (Å²) in [5.74, 6) is -1.60. The highest BCUT2D eigenvalue weighted by Crippen LogP contribution is 2.18. The van der Waals surface area contributed by atoms with Crippen molar-refractivity contribution < 1.29 is 19.1 Å². The molecular formula is C12H14ClFN2O3. The minimum Gasteiger partial charge on any atom is -0.481 e. The number of amides is 2. The molecule has 0 radical (unpaired) electrons. The number of halogens is 2. The quantitative estimate of drug-likeness (QED) is 0.797. The molecule has 1 aromatic carbocycles. The predicted octanol–water partition coefficient (Wildman–Crippen LogP) is 2.85. The zero-order chi connectivity index (χ0) is 14.6. The molecule has 0 aromatic heterocycles. The Hall–Kier alpha value is -1.82. The van der Waals surface area contributed by atoms with Crippen LogP contribution in [0.3, 0.4) is 0 Å². The fourth-order valence-corrected chi connectivity index (χ4v) is 1.74. The molecule has 3 N–H and O–H groups in total. The van der Waals surface area contributed by atoms with E-state index in [2.05, 4.69) is 10.6 Å². The molecule has 0 saturated carbocycles. The molecule has 1 aromatic rings. The molecule has 0 unspecified atom stereocenters. The number of anilines is 1. The zero-order valence-corrected chi connectivity index (χ0v) is 11.2. The Morgan fingerprint density at radius 3 is 2.53 bits per heavy atom. The molecule has 1 rings (SSSR count). The lowest BCUT2D eigenvalue weighted by Crippen LogP contribution is -2.46. The van der Waals surface area contributed by atoms with Gasteiger partial charge in [-0.1, -0.05) is 11.6 Å². The van der Waals surface area contributed by atoms with Gasteiger partial charge in [-0.2, -0.15) is 0 Å². The molecule has 5 nitrogen and oxygen atoms in total. The minimum absolute atomic E-state index is 0.153. The number of nitrogens with one attached hydrogen (secondary N) is 2. The summed E-state index contributed by atoms with van der Waals surface area (Å²) in [5, 5.41) is 13.7. The van der Waals surface area contributed by atoms with Crippen molar-refractivity contribution in [1.29, 1.82) is 0 Å². The third-order valence-corrected chi connectivity index (χ3v) is 2.38. The molecule has 2 amide bonds. The van der Waals surface area contributed by atoms with E-state index in [-0.39, 0.29) is 17.1 Å². The largest absolute Gasteiger partial charge is 0.481 e. The summed E-state index contributed by atoms with van der Waals surface area (Å²) in [5.41, 5.74) is -0.735. The standard InChI is InChI=1S/C12H14ClFN2O3/c1-12(2,6-10(17)18)16-11(19)15-9-4-7(13)3-8(14)5-9/h3-5H,6H2,1-2H3,(H,17,18)(H2,15,16,19). The molecule has 0 spiro atoms. The number of carbonyl (C=O) groups excluding carboxylic acids is 1. The van der Waals surface area contributed by atoms with Crippen LogP contribution in [0.5, 0.6) is 0 Å². The molecule has 0 bridgehead atoms. The van der Waals surface area contributed by atoms with E-state index in [4.69, 9.17) is 16.7 Å². The van der Waals surface area contributed by atoms with Crippen LogP contribution in [0.2, 0.25) is 5.02 Å². The second kappa shape index (κ2) is 5.88. The second-order valence-electron chi connectivity index (χ2n) is 4.69. The van der Waals surface area contributed by atoms with Crippen molar-refractivity contribution in [3.8, 4) is 0 Å². The minimum atomic E-state index is -1.03. The average molecular weight is 289 g/mol. The Morgan fingerprint density at radius 2 is 2.00 bits per heavy atom. The monoisotopic (exact) mass is 288 g/mol. The Labute approximate surface area is 114 Å². The number of carboxylic acids is 1. The number of carbonyl (C=O) groups is 2. The molecule has 7 heteroatoms. The van der Waals surface area contributed by atoms with Gasteiger partial charge in [0.05, 0.1) is 6.42 Å². The number of hydrogen-bond acceptors (Lipinski definition) is 2. The Bertz CT molecular complexity index is 485. The van der Waals surface area contributed by atoms with Gasteiger partial charge in [-0.25, -0.2) is 9.18 Å². The van der Waals surface area contributed by atoms with Crippen molar-refractivity contribution in [2.75, 3.05) is 5.32 Å². The van der Waals surface area contributed by atoms with Crippen LogP contribution in [0.25, 0.3) is 0 Å². The van der Waals surface area contributed by atoms with Crippen molar-refractivity contribution >= 4 is 29.3 Å². The van der Waals surface area contributed by atoms with E-state index in [1.807, 2.05) is 0 Å². The normalized spacial score (nSPS) is 10.9. The first-order chi connectivity index (χ1) is 8.68. The first-order valence-corrected chi connectivity index (χ1v) is 5.83. The van der Waals surface area contributed by atoms with Gasteiger partial charge in [0, 0.05) is 16.2 Å². The number of rotatable bonds is 4. The fraction of sp³-hybridized carbons (Fsp3) is 0.333. The van der Waals surface area contributed by atoms with Crippen LogP contribution in [0.4, 0.5) is 14.9 Å². The Morgan fingerprint density at radius 1 is 1.37 bits per heavy atom. The van der Waals surface area contributed by atoms with Gasteiger partial charge in [0.1, 0.15) is 5.82 Å². The fourth-order valence-electron chi connectivity index (χ4n) is 1.52. The van der Waals surface area contributed by atoms with E-state index in [0.717, 1.165) is 12.1 Å². The van der Waals surface area contributed by atoms with E-state index in [1.165, 1.54) is 6.07 Å². The van der Waals surface area contributed by atoms with Gasteiger partial charge in [0.25, 0.3) is 0 Å². The highest BCUT2D eigenvalue weighted by Gasteiger charge is 2.23. The van der Waals surface area contributed by atoms with Crippen LogP contribution in [0.15, 0.2) is 18.2 Å². The van der Waals surface area contributed by atoms with E-state index in [1.54, 1.807) is 13.8 Å². The van der Waals surface area contributed by atoms with Crippen molar-refractivity contribution in [3.05, 3.63) is 29.0 Å². The number of aliphatic carboxylic acids is 1. The van der Waals surface area contributed by atoms with Gasteiger partial charge in [-0.3, -0.25) is 4.79 Å². The third-order valence-electron chi connectivity index (χ3n) is 2.17. The molecule has 0 saturated heterocycles. The second-order valence-corrected chi connectivity index (χ2v) is 5.13. The van der Waals surface area contributed by atoms with Crippen LogP contribution in [-0.4, -0.2) is 22.6 Å². The smallest absolute Gasteiger partial charge is 0.319 e. The molecule has 0 aliphatic rings. The summed E-state index contributed by atoms with van der Waals surface area (Å²) in [6.07, 6.45) is -0.232. The SMILES string of the molecule is CC(C)(CC(=O)O)NC(=O)Nc1cc(F)cc(Cl)c1. The number of benzene rings is 1. The lowest BCUT2D eigenvalue weighted by atomic mass is 10.0. The highest BCUT2D eigenvalue weighted by atomic mass is 35.5. The summed E-state index contributed by atoms with van der Waals surface area (Å²) >= 11 is 5.65. The first-order valence-electron chi connectivity index (χ1n) is 5.45. The van der Waals surface area contributed by atoms with Crippen LogP contribution in [0.1, 0.15) is 20.3 Å². The molecule has 19 heavy (non-hydrogen) atoms. The van der Waals surface area contributed by atoms with Gasteiger partial charge in [0.15, 0.2) is 0 Å². The van der Waals surface area contributed by atoms with Crippen molar-refractivity contribution in [1.82, 2.24) is 5.32 Å². The van der Waals surface area contributed by atoms with Crippen molar-refractivity contribution in [3.63, 3.8) is 0 Å². The number of urea groups is 1. The first kappa shape index (κ1) is 15.2. The van der Waals surface area contributed by atoms with Crippen LogP contribution < -0.4 is 10.6 Å². The van der Waals surface area contributed by atoms with Crippen molar-refractivity contribution in [2.24, 2.45) is 0 Å². The Kier molecular flexibility index (Phi) is 4.72. The topological polar surface area (TPSA) is 78.4 Å². The van der Waals surface area contributed by atoms with Crippen LogP contribution in [-0.2, 0) is 4.79 Å². The Balaban J connectivity index is 2.67. The highest BCUT2D eigenvalue weighted by molar-refractivity contribution is 6.30. The van der Waals surface area contributed by atoms with Crippen LogP contribution >= 0.6 is 11.6 Å². The van der Waals surface area contributed by atoms with Gasteiger partial charge < -0.3 is 15.7 Å². The summed E-state index contributed by atoms with van der Waals surface area (Å²) in [7, 11) is 0. The van der Waals surface area contributed by atoms with Gasteiger partial charge in [-0.15, -0.1) is 0 Å². The third kappa shape index (κ3) is 5.56. The summed E-state index contributed by atoms with van der Waals surface area (Å²) < 4.78 is 13.1. The summed E-state index contributed by atoms with van der Waals surface area (Å²) in [4.78, 5) is 22.3. The van der Waals surface area contributed by atoms with E-state index in [9.17, 15) is 14.0 Å². The average Bonchev–Trinajstić information content (AvgIpc) is 2.10. The molecule has 0 aliphatic heterocycles. The molecular weight excluding hydrogens is 275 g/mol. The molecule has 0 atom stereocenters. The number of hydrogen-bond donors (Lipinski definition) is 3. The molecule has 0 fully saturated rings. The lowest BCUT2D eigenvalue weighted by molar-refractivity contribution is -0.138. The van der Waals surface area contributed by atoms with Gasteiger partial charge in [0.2, 0.25) is 0 Å². The maximum atomic E-state index is 13.1. The lowest BCUT2D eigenvalue weighted by Gasteiger charge is -2.24. The maximum Gasteiger partial charge on any atom is 0.319 e. The maximum absolute atomic E-state index is 13.1. The van der Waals surface area contributed by atoms with E-state index in [0.29, 0.717) is 0 Å². The van der Waals surface area contributed by atoms with Crippen molar-refractivity contribution in [2.45, 2.75) is 25.8 Å².